The first kappa shape index (κ1) is 24.4. The zero-order valence-corrected chi connectivity index (χ0v) is 20.7. The highest BCUT2D eigenvalue weighted by molar-refractivity contribution is 6.07. The van der Waals surface area contributed by atoms with Gasteiger partial charge < -0.3 is 15.4 Å². The van der Waals surface area contributed by atoms with Crippen molar-refractivity contribution >= 4 is 22.5 Å². The Morgan fingerprint density at radius 2 is 1.68 bits per heavy atom. The summed E-state index contributed by atoms with van der Waals surface area (Å²) in [5.41, 5.74) is 3.51. The lowest BCUT2D eigenvalue weighted by Gasteiger charge is -2.22. The highest BCUT2D eigenvalue weighted by Gasteiger charge is 2.34. The second-order valence-corrected chi connectivity index (χ2v) is 9.18. The van der Waals surface area contributed by atoms with E-state index in [4.69, 9.17) is 4.74 Å². The quantitative estimate of drug-likeness (QED) is 0.379. The fourth-order valence-electron chi connectivity index (χ4n) is 5.07. The maximum absolute atomic E-state index is 13.5. The van der Waals surface area contributed by atoms with E-state index < -0.39 is 0 Å². The Kier molecular flexibility index (Phi) is 7.41. The Balaban J connectivity index is 1.46. The first-order valence-electron chi connectivity index (χ1n) is 12.4. The largest absolute Gasteiger partial charge is 0.383 e. The Bertz CT molecular complexity index is 1420. The van der Waals surface area contributed by atoms with E-state index in [1.165, 1.54) is 5.56 Å². The van der Waals surface area contributed by atoms with Crippen molar-refractivity contribution in [2.24, 2.45) is 0 Å². The van der Waals surface area contributed by atoms with Gasteiger partial charge in [-0.3, -0.25) is 4.90 Å². The zero-order valence-electron chi connectivity index (χ0n) is 20.7. The minimum atomic E-state index is -0.298. The van der Waals surface area contributed by atoms with Gasteiger partial charge in [0.15, 0.2) is 0 Å². The van der Waals surface area contributed by atoms with Gasteiger partial charge in [0.25, 0.3) is 0 Å². The summed E-state index contributed by atoms with van der Waals surface area (Å²) in [7, 11) is 1.70. The lowest BCUT2D eigenvalue weighted by molar-refractivity contribution is 0.159. The molecule has 5 rings (SSSR count). The van der Waals surface area contributed by atoms with E-state index in [2.05, 4.69) is 38.7 Å². The Labute approximate surface area is 216 Å². The highest BCUT2D eigenvalue weighted by Crippen LogP contribution is 2.35. The number of pyridine rings is 1. The fourth-order valence-corrected chi connectivity index (χ4v) is 5.07. The number of hydrogen-bond donors (Lipinski definition) is 2. The number of anilines is 1. The summed E-state index contributed by atoms with van der Waals surface area (Å²) in [6.07, 6.45) is 0. The molecule has 1 fully saturated rings. The monoisotopic (exact) mass is 491 g/mol. The molecule has 1 aromatic heterocycles. The minimum absolute atomic E-state index is 0.0722. The number of methoxy groups -OCH3 is 1. The number of urea groups is 1. The summed E-state index contributed by atoms with van der Waals surface area (Å²) in [5.74, 6) is 0.160. The number of nitrogens with zero attached hydrogens (tertiary/aromatic N) is 3. The SMILES string of the molecule is COCCN1C[C@@H](NC(=O)Nc2c(-c3ccccc3)nc(C#N)c3ccccc23)[C@H](c2ccccc2)C1. The van der Waals surface area contributed by atoms with Gasteiger partial charge >= 0.3 is 6.03 Å². The van der Waals surface area contributed by atoms with Crippen LogP contribution >= 0.6 is 0 Å². The third kappa shape index (κ3) is 5.31. The zero-order chi connectivity index (χ0) is 25.6. The van der Waals surface area contributed by atoms with Crippen LogP contribution in [-0.4, -0.2) is 55.3 Å². The summed E-state index contributed by atoms with van der Waals surface area (Å²) in [6, 6.07) is 29.3. The molecule has 7 heteroatoms. The van der Waals surface area contributed by atoms with Crippen molar-refractivity contribution in [1.29, 1.82) is 5.26 Å². The van der Waals surface area contributed by atoms with Crippen molar-refractivity contribution in [3.05, 3.63) is 96.2 Å². The van der Waals surface area contributed by atoms with Crippen LogP contribution in [0.3, 0.4) is 0 Å². The average molecular weight is 492 g/mol. The summed E-state index contributed by atoms with van der Waals surface area (Å²) in [4.78, 5) is 20.5. The van der Waals surface area contributed by atoms with E-state index >= 15 is 0 Å². The second-order valence-electron chi connectivity index (χ2n) is 9.18. The van der Waals surface area contributed by atoms with Gasteiger partial charge in [-0.2, -0.15) is 5.26 Å². The van der Waals surface area contributed by atoms with Crippen LogP contribution in [0, 0.1) is 11.3 Å². The van der Waals surface area contributed by atoms with Crippen molar-refractivity contribution in [3.8, 4) is 17.3 Å². The number of fused-ring (bicyclic) bond motifs is 1. The number of carbonyl (C=O) groups excluding carboxylic acids is 1. The number of likely N-dealkylation sites (tertiary alicyclic amines) is 1. The van der Waals surface area contributed by atoms with Crippen molar-refractivity contribution in [2.75, 3.05) is 38.7 Å². The number of rotatable bonds is 7. The van der Waals surface area contributed by atoms with Gasteiger partial charge in [-0.25, -0.2) is 9.78 Å². The number of aromatic nitrogens is 1. The lowest BCUT2D eigenvalue weighted by Crippen LogP contribution is -2.42. The molecule has 2 heterocycles. The van der Waals surface area contributed by atoms with Crippen molar-refractivity contribution in [2.45, 2.75) is 12.0 Å². The molecule has 2 amide bonds. The molecule has 1 saturated heterocycles. The second kappa shape index (κ2) is 11.2. The van der Waals surface area contributed by atoms with Crippen LogP contribution in [-0.2, 0) is 4.74 Å². The first-order valence-corrected chi connectivity index (χ1v) is 12.4. The Morgan fingerprint density at radius 3 is 2.38 bits per heavy atom. The van der Waals surface area contributed by atoms with Gasteiger partial charge in [0.2, 0.25) is 0 Å². The van der Waals surface area contributed by atoms with E-state index in [1.807, 2.05) is 72.8 Å². The van der Waals surface area contributed by atoms with Gasteiger partial charge in [0.05, 0.1) is 24.0 Å². The molecular formula is C30H29N5O2. The Morgan fingerprint density at radius 1 is 1.00 bits per heavy atom. The van der Waals surface area contributed by atoms with Crippen molar-refractivity contribution in [1.82, 2.24) is 15.2 Å². The highest BCUT2D eigenvalue weighted by atomic mass is 16.5. The molecule has 2 atom stereocenters. The van der Waals surface area contributed by atoms with Crippen LogP contribution in [0.4, 0.5) is 10.5 Å². The van der Waals surface area contributed by atoms with E-state index in [1.54, 1.807) is 7.11 Å². The minimum Gasteiger partial charge on any atom is -0.383 e. The molecule has 0 bridgehead atoms. The predicted molar refractivity (Wildman–Crippen MR) is 145 cm³/mol. The molecular weight excluding hydrogens is 462 g/mol. The van der Waals surface area contributed by atoms with Crippen molar-refractivity contribution in [3.63, 3.8) is 0 Å². The molecule has 37 heavy (non-hydrogen) atoms. The number of ether oxygens (including phenoxy) is 1. The molecule has 186 valence electrons. The molecule has 3 aromatic carbocycles. The number of amides is 2. The van der Waals surface area contributed by atoms with E-state index in [-0.39, 0.29) is 18.0 Å². The molecule has 0 unspecified atom stereocenters. The molecule has 0 radical (unpaired) electrons. The molecule has 4 aromatic rings. The number of nitriles is 1. The van der Waals surface area contributed by atoms with E-state index in [9.17, 15) is 10.1 Å². The topological polar surface area (TPSA) is 90.3 Å². The van der Waals surface area contributed by atoms with Gasteiger partial charge in [-0.1, -0.05) is 84.9 Å². The van der Waals surface area contributed by atoms with E-state index in [0.717, 1.165) is 30.6 Å². The molecule has 0 aliphatic carbocycles. The van der Waals surface area contributed by atoms with E-state index in [0.29, 0.717) is 29.1 Å². The Hall–Kier alpha value is -4.25. The molecule has 7 nitrogen and oxygen atoms in total. The fraction of sp³-hybridized carbons (Fsp3) is 0.233. The summed E-state index contributed by atoms with van der Waals surface area (Å²) >= 11 is 0. The van der Waals surface area contributed by atoms with Crippen LogP contribution in [0.25, 0.3) is 22.0 Å². The first-order chi connectivity index (χ1) is 18.2. The standard InChI is InChI=1S/C30H29N5O2/c1-37-17-16-35-19-25(21-10-4-2-5-11-21)27(20-35)33-30(36)34-29-24-15-9-8-14-23(24)26(18-31)32-28(29)22-12-6-3-7-13-22/h2-15,25,27H,16-17,19-20H2,1H3,(H2,33,34,36)/t25-,27+/m0/s1. The lowest BCUT2D eigenvalue weighted by atomic mass is 9.94. The van der Waals surface area contributed by atoms with Gasteiger partial charge in [0.1, 0.15) is 11.8 Å². The van der Waals surface area contributed by atoms with Crippen LogP contribution in [0.1, 0.15) is 17.2 Å². The van der Waals surface area contributed by atoms with Gasteiger partial charge in [-0.05, 0) is 5.56 Å². The smallest absolute Gasteiger partial charge is 0.319 e. The number of hydrogen-bond acceptors (Lipinski definition) is 5. The summed E-state index contributed by atoms with van der Waals surface area (Å²) in [6.45, 7) is 3.02. The molecule has 0 spiro atoms. The maximum Gasteiger partial charge on any atom is 0.319 e. The number of nitrogens with one attached hydrogen (secondary N) is 2. The third-order valence-electron chi connectivity index (χ3n) is 6.85. The van der Waals surface area contributed by atoms with Crippen molar-refractivity contribution < 1.29 is 9.53 Å². The summed E-state index contributed by atoms with van der Waals surface area (Å²) in [5, 5.41) is 17.6. The number of benzene rings is 3. The summed E-state index contributed by atoms with van der Waals surface area (Å²) < 4.78 is 5.28. The van der Waals surface area contributed by atoms with Gasteiger partial charge in [-0.15, -0.1) is 0 Å². The average Bonchev–Trinajstić information content (AvgIpc) is 3.35. The third-order valence-corrected chi connectivity index (χ3v) is 6.85. The predicted octanol–water partition coefficient (Wildman–Crippen LogP) is 5.01. The normalized spacial score (nSPS) is 17.4. The molecule has 0 saturated carbocycles. The molecule has 1 aliphatic heterocycles. The van der Waals surface area contributed by atoms with Crippen LogP contribution < -0.4 is 10.6 Å². The number of carbonyl (C=O) groups is 1. The van der Waals surface area contributed by atoms with Gasteiger partial charge in [0, 0.05) is 49.0 Å². The molecule has 1 aliphatic rings. The van der Waals surface area contributed by atoms with Crippen LogP contribution in [0.5, 0.6) is 0 Å². The van der Waals surface area contributed by atoms with Crippen LogP contribution in [0.2, 0.25) is 0 Å². The molecule has 2 N–H and O–H groups in total. The van der Waals surface area contributed by atoms with Crippen LogP contribution in [0.15, 0.2) is 84.9 Å². The maximum atomic E-state index is 13.5.